The van der Waals surface area contributed by atoms with Gasteiger partial charge in [0.1, 0.15) is 5.69 Å². The minimum absolute atomic E-state index is 0.00942. The first-order valence-corrected chi connectivity index (χ1v) is 12.0. The van der Waals surface area contributed by atoms with Crippen LogP contribution in [0.2, 0.25) is 0 Å². The van der Waals surface area contributed by atoms with Crippen molar-refractivity contribution in [2.24, 2.45) is 7.05 Å². The quantitative estimate of drug-likeness (QED) is 0.642. The van der Waals surface area contributed by atoms with Crippen LogP contribution in [0.3, 0.4) is 0 Å². The molecule has 1 aliphatic rings. The molecule has 0 radical (unpaired) electrons. The number of rotatable bonds is 5. The molecule has 0 bridgehead atoms. The average Bonchev–Trinajstić information content (AvgIpc) is 3.02. The summed E-state index contributed by atoms with van der Waals surface area (Å²) in [6.45, 7) is 3.13. The van der Waals surface area contributed by atoms with Crippen LogP contribution in [0.4, 0.5) is 5.69 Å². The molecule has 1 aliphatic heterocycles. The lowest BCUT2D eigenvalue weighted by Crippen LogP contribution is -2.35. The van der Waals surface area contributed by atoms with Gasteiger partial charge in [0.25, 0.3) is 21.5 Å². The van der Waals surface area contributed by atoms with E-state index in [4.69, 9.17) is 0 Å². The Labute approximate surface area is 187 Å². The molecule has 168 valence electrons. The summed E-state index contributed by atoms with van der Waals surface area (Å²) < 4.78 is 31.4. The maximum atomic E-state index is 13.0. The molecule has 2 aromatic carbocycles. The van der Waals surface area contributed by atoms with Crippen LogP contribution < -0.4 is 10.3 Å². The molecule has 1 saturated heterocycles. The zero-order valence-corrected chi connectivity index (χ0v) is 18.9. The van der Waals surface area contributed by atoms with E-state index in [1.165, 1.54) is 28.9 Å². The fraction of sp³-hybridized carbons (Fsp3) is 0.304. The van der Waals surface area contributed by atoms with Crippen LogP contribution in [0.15, 0.2) is 64.3 Å². The molecule has 0 spiro atoms. The molecule has 0 unspecified atom stereocenters. The van der Waals surface area contributed by atoms with Gasteiger partial charge in [-0.3, -0.25) is 19.0 Å². The first-order chi connectivity index (χ1) is 15.3. The largest absolute Gasteiger partial charge is 0.339 e. The normalized spacial score (nSPS) is 14.4. The molecule has 1 amide bonds. The smallest absolute Gasteiger partial charge is 0.296 e. The van der Waals surface area contributed by atoms with Crippen LogP contribution in [-0.4, -0.2) is 41.7 Å². The molecule has 8 nitrogen and oxygen atoms in total. The Balaban J connectivity index is 1.60. The number of carbonyl (C=O) groups excluding carboxylic acids is 1. The molecule has 4 rings (SSSR count). The third-order valence-corrected chi connectivity index (χ3v) is 7.21. The molecule has 2 heterocycles. The number of likely N-dealkylation sites (tertiary alicyclic amines) is 1. The van der Waals surface area contributed by atoms with Crippen LogP contribution in [0, 0.1) is 6.92 Å². The summed E-state index contributed by atoms with van der Waals surface area (Å²) >= 11 is 0. The number of para-hydroxylation sites is 1. The van der Waals surface area contributed by atoms with Crippen molar-refractivity contribution in [2.45, 2.75) is 31.1 Å². The van der Waals surface area contributed by atoms with Gasteiger partial charge < -0.3 is 4.90 Å². The lowest BCUT2D eigenvalue weighted by molar-refractivity contribution is 0.0724. The molecule has 1 aromatic heterocycles. The Morgan fingerprint density at radius 1 is 0.938 bits per heavy atom. The summed E-state index contributed by atoms with van der Waals surface area (Å²) in [6.07, 6.45) is 3.09. The Morgan fingerprint density at radius 3 is 2.19 bits per heavy atom. The van der Waals surface area contributed by atoms with Gasteiger partial charge in [-0.2, -0.15) is 0 Å². The van der Waals surface area contributed by atoms with Crippen LogP contribution >= 0.6 is 0 Å². The first-order valence-electron chi connectivity index (χ1n) is 10.6. The van der Waals surface area contributed by atoms with E-state index in [0.29, 0.717) is 16.9 Å². The number of hydrogen-bond donors (Lipinski definition) is 1. The molecule has 0 atom stereocenters. The standard InChI is InChI=1S/C23H26N4O4S/c1-17-21(23(29)27(25(17)2)19-9-5-3-6-10-19)24-32(30,31)20-13-11-18(12-14-20)22(28)26-15-7-4-8-16-26/h3,5-6,9-14,24H,4,7-8,15-16H2,1-2H3. The third-order valence-electron chi connectivity index (χ3n) is 5.85. The van der Waals surface area contributed by atoms with E-state index >= 15 is 0 Å². The predicted molar refractivity (Wildman–Crippen MR) is 123 cm³/mol. The average molecular weight is 455 g/mol. The second kappa shape index (κ2) is 8.66. The highest BCUT2D eigenvalue weighted by Gasteiger charge is 2.23. The van der Waals surface area contributed by atoms with Gasteiger partial charge in [0.2, 0.25) is 0 Å². The van der Waals surface area contributed by atoms with Crippen molar-refractivity contribution in [1.82, 2.24) is 14.3 Å². The van der Waals surface area contributed by atoms with E-state index in [1.807, 2.05) is 6.07 Å². The van der Waals surface area contributed by atoms with Crippen LogP contribution in [0.5, 0.6) is 0 Å². The van der Waals surface area contributed by atoms with Crippen molar-refractivity contribution in [3.8, 4) is 5.69 Å². The minimum Gasteiger partial charge on any atom is -0.339 e. The Kier molecular flexibility index (Phi) is 5.92. The zero-order chi connectivity index (χ0) is 22.9. The second-order valence-electron chi connectivity index (χ2n) is 7.92. The number of nitrogens with one attached hydrogen (secondary N) is 1. The van der Waals surface area contributed by atoms with Crippen molar-refractivity contribution in [3.05, 3.63) is 76.2 Å². The highest BCUT2D eigenvalue weighted by Crippen LogP contribution is 2.20. The third kappa shape index (κ3) is 4.08. The molecular formula is C23H26N4O4S. The van der Waals surface area contributed by atoms with E-state index in [0.717, 1.165) is 32.4 Å². The van der Waals surface area contributed by atoms with E-state index < -0.39 is 15.6 Å². The van der Waals surface area contributed by atoms with E-state index in [2.05, 4.69) is 4.72 Å². The van der Waals surface area contributed by atoms with Crippen LogP contribution in [-0.2, 0) is 17.1 Å². The minimum atomic E-state index is -4.01. The molecule has 1 N–H and O–H groups in total. The van der Waals surface area contributed by atoms with Gasteiger partial charge in [0, 0.05) is 25.7 Å². The Hall–Kier alpha value is -3.33. The molecule has 1 fully saturated rings. The monoisotopic (exact) mass is 454 g/mol. The molecule has 0 saturated carbocycles. The van der Waals surface area contributed by atoms with E-state index in [1.54, 1.807) is 47.8 Å². The summed E-state index contributed by atoms with van der Waals surface area (Å²) in [5.41, 5.74) is 1.10. The van der Waals surface area contributed by atoms with Crippen LogP contribution in [0.25, 0.3) is 5.69 Å². The molecule has 9 heteroatoms. The number of carbonyl (C=O) groups is 1. The summed E-state index contributed by atoms with van der Waals surface area (Å²) in [7, 11) is -2.32. The maximum absolute atomic E-state index is 13.0. The predicted octanol–water partition coefficient (Wildman–Crippen LogP) is 2.91. The molecule has 32 heavy (non-hydrogen) atoms. The molecule has 3 aromatic rings. The highest BCUT2D eigenvalue weighted by molar-refractivity contribution is 7.92. The fourth-order valence-corrected chi connectivity index (χ4v) is 5.05. The fourth-order valence-electron chi connectivity index (χ4n) is 3.94. The number of sulfonamides is 1. The van der Waals surface area contributed by atoms with E-state index in [9.17, 15) is 18.0 Å². The zero-order valence-electron chi connectivity index (χ0n) is 18.1. The van der Waals surface area contributed by atoms with Gasteiger partial charge in [0.05, 0.1) is 16.3 Å². The van der Waals surface area contributed by atoms with Crippen LogP contribution in [0.1, 0.15) is 35.3 Å². The first kappa shape index (κ1) is 21.9. The Bertz CT molecular complexity index is 1290. The lowest BCUT2D eigenvalue weighted by Gasteiger charge is -2.26. The van der Waals surface area contributed by atoms with Gasteiger partial charge in [-0.05, 0) is 62.6 Å². The highest BCUT2D eigenvalue weighted by atomic mass is 32.2. The number of nitrogens with zero attached hydrogens (tertiary/aromatic N) is 3. The van der Waals surface area contributed by atoms with Crippen molar-refractivity contribution < 1.29 is 13.2 Å². The van der Waals surface area contributed by atoms with E-state index in [-0.39, 0.29) is 16.5 Å². The number of amides is 1. The number of benzene rings is 2. The van der Waals surface area contributed by atoms with Crippen molar-refractivity contribution in [2.75, 3.05) is 17.8 Å². The van der Waals surface area contributed by atoms with Crippen molar-refractivity contribution in [1.29, 1.82) is 0 Å². The Morgan fingerprint density at radius 2 is 1.56 bits per heavy atom. The van der Waals surface area contributed by atoms with Crippen molar-refractivity contribution in [3.63, 3.8) is 0 Å². The van der Waals surface area contributed by atoms with Gasteiger partial charge in [0.15, 0.2) is 0 Å². The summed E-state index contributed by atoms with van der Waals surface area (Å²) in [4.78, 5) is 27.4. The summed E-state index contributed by atoms with van der Waals surface area (Å²) in [5, 5.41) is 0. The van der Waals surface area contributed by atoms with Gasteiger partial charge >= 0.3 is 0 Å². The van der Waals surface area contributed by atoms with Gasteiger partial charge in [-0.25, -0.2) is 13.1 Å². The number of aromatic nitrogens is 2. The van der Waals surface area contributed by atoms with Crippen molar-refractivity contribution >= 4 is 21.6 Å². The maximum Gasteiger partial charge on any atom is 0.296 e. The molecule has 0 aliphatic carbocycles. The number of hydrogen-bond acceptors (Lipinski definition) is 4. The number of anilines is 1. The second-order valence-corrected chi connectivity index (χ2v) is 9.60. The summed E-state index contributed by atoms with van der Waals surface area (Å²) in [6, 6.07) is 14.8. The molecular weight excluding hydrogens is 428 g/mol. The van der Waals surface area contributed by atoms with Gasteiger partial charge in [-0.1, -0.05) is 18.2 Å². The lowest BCUT2D eigenvalue weighted by atomic mass is 10.1. The SMILES string of the molecule is Cc1c(NS(=O)(=O)c2ccc(C(=O)N3CCCCC3)cc2)c(=O)n(-c2ccccc2)n1C. The summed E-state index contributed by atoms with van der Waals surface area (Å²) in [5.74, 6) is -0.0914. The number of piperidine rings is 1. The van der Waals surface area contributed by atoms with Gasteiger partial charge in [-0.15, -0.1) is 0 Å². The topological polar surface area (TPSA) is 93.4 Å².